The molecule has 116 valence electrons. The first-order valence-corrected chi connectivity index (χ1v) is 8.36. The molecule has 3 rings (SSSR count). The summed E-state index contributed by atoms with van der Waals surface area (Å²) in [5, 5.41) is 10.2. The first-order chi connectivity index (χ1) is 10.0. The summed E-state index contributed by atoms with van der Waals surface area (Å²) in [4.78, 5) is 2.40. The van der Waals surface area contributed by atoms with E-state index in [1.54, 1.807) is 0 Å². The van der Waals surface area contributed by atoms with Crippen LogP contribution in [0.25, 0.3) is 0 Å². The average Bonchev–Trinajstić information content (AvgIpc) is 2.61. The topological polar surface area (TPSA) is 41.9 Å². The monoisotopic (exact) mass is 355 g/mol. The third kappa shape index (κ3) is 3.71. The van der Waals surface area contributed by atoms with Crippen molar-refractivity contribution in [2.75, 3.05) is 26.3 Å². The smallest absolute Gasteiger partial charge is 0.162 e. The van der Waals surface area contributed by atoms with Gasteiger partial charge in [-0.2, -0.15) is 0 Å². The van der Waals surface area contributed by atoms with E-state index in [0.29, 0.717) is 13.2 Å². The lowest BCUT2D eigenvalue weighted by atomic mass is 9.98. The Balaban J connectivity index is 1.72. The van der Waals surface area contributed by atoms with Gasteiger partial charge >= 0.3 is 0 Å². The van der Waals surface area contributed by atoms with Crippen molar-refractivity contribution in [3.8, 4) is 11.5 Å². The van der Waals surface area contributed by atoms with Gasteiger partial charge < -0.3 is 14.6 Å². The maximum atomic E-state index is 10.2. The third-order valence-electron chi connectivity index (χ3n) is 4.26. The predicted octanol–water partition coefficient (Wildman–Crippen LogP) is 2.96. The van der Waals surface area contributed by atoms with E-state index >= 15 is 0 Å². The molecule has 1 aromatic carbocycles. The molecule has 1 N–H and O–H groups in total. The molecule has 0 spiro atoms. The van der Waals surface area contributed by atoms with Crippen molar-refractivity contribution >= 4 is 15.9 Å². The minimum absolute atomic E-state index is 0.515. The Morgan fingerprint density at radius 1 is 1.19 bits per heavy atom. The Bertz CT molecular complexity index is 518. The van der Waals surface area contributed by atoms with Crippen molar-refractivity contribution in [3.05, 3.63) is 22.2 Å². The fourth-order valence-corrected chi connectivity index (χ4v) is 3.39. The number of likely N-dealkylation sites (tertiary alicyclic amines) is 1. The summed E-state index contributed by atoms with van der Waals surface area (Å²) in [5.41, 5.74) is 0.694. The Morgan fingerprint density at radius 2 is 1.90 bits per heavy atom. The molecule has 0 radical (unpaired) electrons. The van der Waals surface area contributed by atoms with Gasteiger partial charge in [0.15, 0.2) is 11.5 Å². The van der Waals surface area contributed by atoms with Crippen molar-refractivity contribution in [3.63, 3.8) is 0 Å². The minimum atomic E-state index is -0.515. The normalized spacial score (nSPS) is 26.4. The SMILES string of the molecule is CC1(O)CCCN(Cc2cc3c(cc2Br)OCCO3)CC1. The van der Waals surface area contributed by atoms with Crippen molar-refractivity contribution in [1.82, 2.24) is 4.90 Å². The highest BCUT2D eigenvalue weighted by atomic mass is 79.9. The van der Waals surface area contributed by atoms with Gasteiger partial charge in [0.1, 0.15) is 13.2 Å². The predicted molar refractivity (Wildman–Crippen MR) is 84.9 cm³/mol. The molecule has 1 fully saturated rings. The molecular formula is C16H22BrNO3. The largest absolute Gasteiger partial charge is 0.486 e. The molecule has 1 aromatic rings. The number of rotatable bonds is 2. The quantitative estimate of drug-likeness (QED) is 0.885. The van der Waals surface area contributed by atoms with E-state index in [1.807, 2.05) is 13.0 Å². The molecule has 0 aliphatic carbocycles. The molecule has 0 bridgehead atoms. The zero-order valence-electron chi connectivity index (χ0n) is 12.4. The summed E-state index contributed by atoms with van der Waals surface area (Å²) in [6.45, 7) is 5.98. The minimum Gasteiger partial charge on any atom is -0.486 e. The zero-order chi connectivity index (χ0) is 14.9. The van der Waals surface area contributed by atoms with Crippen LogP contribution < -0.4 is 9.47 Å². The van der Waals surface area contributed by atoms with Crippen molar-refractivity contribution in [2.45, 2.75) is 38.3 Å². The molecule has 1 saturated heterocycles. The summed E-state index contributed by atoms with van der Waals surface area (Å²) < 4.78 is 12.3. The molecule has 0 amide bonds. The number of hydrogen-bond acceptors (Lipinski definition) is 4. The molecule has 4 nitrogen and oxygen atoms in total. The molecule has 2 aliphatic heterocycles. The van der Waals surface area contributed by atoms with E-state index in [4.69, 9.17) is 9.47 Å². The van der Waals surface area contributed by atoms with Gasteiger partial charge in [0.2, 0.25) is 0 Å². The van der Waals surface area contributed by atoms with Gasteiger partial charge in [0.05, 0.1) is 5.60 Å². The van der Waals surface area contributed by atoms with Crippen LogP contribution in [0.5, 0.6) is 11.5 Å². The second-order valence-electron chi connectivity index (χ2n) is 6.21. The number of nitrogens with zero attached hydrogens (tertiary/aromatic N) is 1. The Kier molecular flexibility index (Phi) is 4.43. The second-order valence-corrected chi connectivity index (χ2v) is 7.07. The number of hydrogen-bond donors (Lipinski definition) is 1. The van der Waals surface area contributed by atoms with Crippen LogP contribution in [0.3, 0.4) is 0 Å². The fourth-order valence-electron chi connectivity index (χ4n) is 2.95. The maximum absolute atomic E-state index is 10.2. The summed E-state index contributed by atoms with van der Waals surface area (Å²) >= 11 is 3.63. The van der Waals surface area contributed by atoms with Crippen molar-refractivity contribution in [2.24, 2.45) is 0 Å². The molecule has 0 aromatic heterocycles. The van der Waals surface area contributed by atoms with E-state index in [9.17, 15) is 5.11 Å². The molecule has 2 heterocycles. The Morgan fingerprint density at radius 3 is 2.67 bits per heavy atom. The number of benzene rings is 1. The van der Waals surface area contributed by atoms with Gasteiger partial charge in [-0.25, -0.2) is 0 Å². The lowest BCUT2D eigenvalue weighted by molar-refractivity contribution is 0.0444. The van der Waals surface area contributed by atoms with Gasteiger partial charge in [0, 0.05) is 17.6 Å². The lowest BCUT2D eigenvalue weighted by Crippen LogP contribution is -2.28. The van der Waals surface area contributed by atoms with Gasteiger partial charge in [-0.3, -0.25) is 4.90 Å². The van der Waals surface area contributed by atoms with E-state index in [0.717, 1.165) is 54.9 Å². The highest BCUT2D eigenvalue weighted by Gasteiger charge is 2.25. The second kappa shape index (κ2) is 6.15. The molecule has 5 heteroatoms. The first-order valence-electron chi connectivity index (χ1n) is 7.56. The average molecular weight is 356 g/mol. The number of ether oxygens (including phenoxy) is 2. The van der Waals surface area contributed by atoms with Gasteiger partial charge in [-0.05, 0) is 50.4 Å². The lowest BCUT2D eigenvalue weighted by Gasteiger charge is -2.24. The third-order valence-corrected chi connectivity index (χ3v) is 5.00. The van der Waals surface area contributed by atoms with Crippen LogP contribution >= 0.6 is 15.9 Å². The van der Waals surface area contributed by atoms with Crippen LogP contribution in [0, 0.1) is 0 Å². The Labute approximate surface area is 134 Å². The number of halogens is 1. The highest BCUT2D eigenvalue weighted by molar-refractivity contribution is 9.10. The van der Waals surface area contributed by atoms with Crippen LogP contribution in [0.4, 0.5) is 0 Å². The first kappa shape index (κ1) is 15.1. The highest BCUT2D eigenvalue weighted by Crippen LogP contribution is 2.36. The summed E-state index contributed by atoms with van der Waals surface area (Å²) in [5.74, 6) is 1.65. The summed E-state index contributed by atoms with van der Waals surface area (Å²) in [7, 11) is 0. The molecule has 1 atom stereocenters. The van der Waals surface area contributed by atoms with E-state index in [2.05, 4.69) is 26.9 Å². The van der Waals surface area contributed by atoms with E-state index in [1.165, 1.54) is 5.56 Å². The molecule has 21 heavy (non-hydrogen) atoms. The van der Waals surface area contributed by atoms with Crippen LogP contribution in [-0.4, -0.2) is 41.9 Å². The van der Waals surface area contributed by atoms with E-state index in [-0.39, 0.29) is 0 Å². The Hall–Kier alpha value is -0.780. The van der Waals surface area contributed by atoms with Crippen molar-refractivity contribution in [1.29, 1.82) is 0 Å². The van der Waals surface area contributed by atoms with Crippen LogP contribution in [-0.2, 0) is 6.54 Å². The fraction of sp³-hybridized carbons (Fsp3) is 0.625. The van der Waals surface area contributed by atoms with Crippen LogP contribution in [0.15, 0.2) is 16.6 Å². The van der Waals surface area contributed by atoms with Crippen LogP contribution in [0.2, 0.25) is 0 Å². The molecule has 2 aliphatic rings. The number of fused-ring (bicyclic) bond motifs is 1. The van der Waals surface area contributed by atoms with Gasteiger partial charge in [-0.1, -0.05) is 15.9 Å². The summed E-state index contributed by atoms with van der Waals surface area (Å²) in [6.07, 6.45) is 2.75. The van der Waals surface area contributed by atoms with Crippen molar-refractivity contribution < 1.29 is 14.6 Å². The van der Waals surface area contributed by atoms with Gasteiger partial charge in [-0.15, -0.1) is 0 Å². The number of aliphatic hydroxyl groups is 1. The van der Waals surface area contributed by atoms with Gasteiger partial charge in [0.25, 0.3) is 0 Å². The van der Waals surface area contributed by atoms with Crippen LogP contribution in [0.1, 0.15) is 31.7 Å². The van der Waals surface area contributed by atoms with E-state index < -0.39 is 5.60 Å². The maximum Gasteiger partial charge on any atom is 0.162 e. The standard InChI is InChI=1S/C16H22BrNO3/c1-16(19)3-2-5-18(6-4-16)11-12-9-14-15(10-13(12)17)21-8-7-20-14/h9-10,19H,2-8,11H2,1H3. The summed E-state index contributed by atoms with van der Waals surface area (Å²) in [6, 6.07) is 4.07. The molecule has 1 unspecified atom stereocenters. The molecular weight excluding hydrogens is 334 g/mol. The zero-order valence-corrected chi connectivity index (χ0v) is 14.0. The molecule has 0 saturated carbocycles.